The molecule has 0 saturated heterocycles. The summed E-state index contributed by atoms with van der Waals surface area (Å²) < 4.78 is 39.7. The Hall–Kier alpha value is -1.00. The standard InChI is InChI=1S/C6H6F3NO/c1-2-4-3-10-5(11-4)6(7,8)9/h3H,2H2,1H3. The van der Waals surface area contributed by atoms with Gasteiger partial charge < -0.3 is 4.42 Å². The Morgan fingerprint density at radius 1 is 1.55 bits per heavy atom. The quantitative estimate of drug-likeness (QED) is 0.637. The Labute approximate surface area is 61.0 Å². The molecule has 0 aliphatic carbocycles. The lowest BCUT2D eigenvalue weighted by Gasteiger charge is -1.97. The maximum atomic E-state index is 11.8. The van der Waals surface area contributed by atoms with Crippen LogP contribution in [0.15, 0.2) is 10.6 Å². The van der Waals surface area contributed by atoms with Crippen molar-refractivity contribution in [1.82, 2.24) is 4.98 Å². The third-order valence-corrected chi connectivity index (χ3v) is 1.14. The Balaban J connectivity index is 2.89. The fourth-order valence-electron chi connectivity index (χ4n) is 0.602. The first kappa shape index (κ1) is 8.10. The van der Waals surface area contributed by atoms with Crippen LogP contribution in [0.25, 0.3) is 0 Å². The van der Waals surface area contributed by atoms with E-state index in [1.807, 2.05) is 0 Å². The molecule has 0 amide bonds. The number of hydrogen-bond donors (Lipinski definition) is 0. The van der Waals surface area contributed by atoms with Crippen LogP contribution in [-0.4, -0.2) is 4.98 Å². The zero-order valence-electron chi connectivity index (χ0n) is 5.77. The topological polar surface area (TPSA) is 26.0 Å². The molecule has 0 radical (unpaired) electrons. The summed E-state index contributed by atoms with van der Waals surface area (Å²) in [5.74, 6) is -0.924. The van der Waals surface area contributed by atoms with E-state index in [4.69, 9.17) is 0 Å². The molecule has 0 aromatic carbocycles. The van der Waals surface area contributed by atoms with Gasteiger partial charge in [0.05, 0.1) is 6.20 Å². The Bertz CT molecular complexity index is 240. The number of aryl methyl sites for hydroxylation is 1. The van der Waals surface area contributed by atoms with Crippen molar-refractivity contribution in [3.05, 3.63) is 17.8 Å². The molecule has 62 valence electrons. The molecule has 11 heavy (non-hydrogen) atoms. The van der Waals surface area contributed by atoms with Crippen molar-refractivity contribution < 1.29 is 17.6 Å². The summed E-state index contributed by atoms with van der Waals surface area (Å²) in [5, 5.41) is 0. The predicted molar refractivity (Wildman–Crippen MR) is 30.9 cm³/mol. The van der Waals surface area contributed by atoms with Gasteiger partial charge in [-0.2, -0.15) is 13.2 Å². The maximum absolute atomic E-state index is 11.8. The first-order chi connectivity index (χ1) is 5.04. The summed E-state index contributed by atoms with van der Waals surface area (Å²) >= 11 is 0. The summed E-state index contributed by atoms with van der Waals surface area (Å²) in [6, 6.07) is 0. The number of alkyl halides is 3. The molecule has 0 atom stereocenters. The van der Waals surface area contributed by atoms with Gasteiger partial charge in [-0.05, 0) is 0 Å². The smallest absolute Gasteiger partial charge is 0.438 e. The van der Waals surface area contributed by atoms with Gasteiger partial charge in [0, 0.05) is 6.42 Å². The van der Waals surface area contributed by atoms with Crippen LogP contribution in [0.3, 0.4) is 0 Å². The molecule has 0 spiro atoms. The second kappa shape index (κ2) is 2.56. The zero-order valence-corrected chi connectivity index (χ0v) is 5.77. The lowest BCUT2D eigenvalue weighted by atomic mass is 10.4. The molecule has 0 aliphatic rings. The molecule has 1 heterocycles. The van der Waals surface area contributed by atoms with Gasteiger partial charge in [-0.3, -0.25) is 0 Å². The first-order valence-electron chi connectivity index (χ1n) is 3.06. The molecular weight excluding hydrogens is 159 g/mol. The highest BCUT2D eigenvalue weighted by Gasteiger charge is 2.36. The lowest BCUT2D eigenvalue weighted by molar-refractivity contribution is -0.157. The van der Waals surface area contributed by atoms with Crippen molar-refractivity contribution in [2.45, 2.75) is 19.5 Å². The molecule has 0 fully saturated rings. The van der Waals surface area contributed by atoms with Crippen molar-refractivity contribution in [3.8, 4) is 0 Å². The molecule has 2 nitrogen and oxygen atoms in total. The van der Waals surface area contributed by atoms with Gasteiger partial charge >= 0.3 is 12.1 Å². The number of hydrogen-bond acceptors (Lipinski definition) is 2. The van der Waals surface area contributed by atoms with E-state index in [-0.39, 0.29) is 5.76 Å². The molecule has 0 unspecified atom stereocenters. The van der Waals surface area contributed by atoms with Gasteiger partial charge in [-0.15, -0.1) is 0 Å². The average Bonchev–Trinajstić information content (AvgIpc) is 2.32. The molecular formula is C6H6F3NO. The van der Waals surface area contributed by atoms with Crippen molar-refractivity contribution in [1.29, 1.82) is 0 Å². The van der Waals surface area contributed by atoms with Crippen LogP contribution in [0, 0.1) is 0 Å². The fourth-order valence-corrected chi connectivity index (χ4v) is 0.602. The van der Waals surface area contributed by atoms with Crippen LogP contribution < -0.4 is 0 Å². The van der Waals surface area contributed by atoms with Gasteiger partial charge in [0.2, 0.25) is 0 Å². The molecule has 0 aliphatic heterocycles. The highest BCUT2D eigenvalue weighted by atomic mass is 19.4. The maximum Gasteiger partial charge on any atom is 0.468 e. The van der Waals surface area contributed by atoms with Crippen molar-refractivity contribution in [2.75, 3.05) is 0 Å². The van der Waals surface area contributed by atoms with Crippen LogP contribution in [0.2, 0.25) is 0 Å². The third-order valence-electron chi connectivity index (χ3n) is 1.14. The average molecular weight is 165 g/mol. The summed E-state index contributed by atoms with van der Waals surface area (Å²) in [4.78, 5) is 3.07. The molecule has 1 aromatic rings. The summed E-state index contributed by atoms with van der Waals surface area (Å²) in [7, 11) is 0. The summed E-state index contributed by atoms with van der Waals surface area (Å²) in [5.41, 5.74) is 0. The first-order valence-corrected chi connectivity index (χ1v) is 3.06. The van der Waals surface area contributed by atoms with E-state index >= 15 is 0 Å². The van der Waals surface area contributed by atoms with Crippen LogP contribution in [-0.2, 0) is 12.6 Å². The van der Waals surface area contributed by atoms with Crippen LogP contribution in [0.5, 0.6) is 0 Å². The van der Waals surface area contributed by atoms with E-state index in [0.29, 0.717) is 6.42 Å². The SMILES string of the molecule is CCc1cnc(C(F)(F)F)o1. The summed E-state index contributed by atoms with van der Waals surface area (Å²) in [6.45, 7) is 1.70. The van der Waals surface area contributed by atoms with Crippen LogP contribution in [0.1, 0.15) is 18.6 Å². The lowest BCUT2D eigenvalue weighted by Crippen LogP contribution is -2.04. The number of halogens is 3. The monoisotopic (exact) mass is 165 g/mol. The Kier molecular flexibility index (Phi) is 1.89. The van der Waals surface area contributed by atoms with Crippen molar-refractivity contribution >= 4 is 0 Å². The molecule has 0 bridgehead atoms. The summed E-state index contributed by atoms with van der Waals surface area (Å²) in [6.07, 6.45) is -2.96. The fraction of sp³-hybridized carbons (Fsp3) is 0.500. The Morgan fingerprint density at radius 3 is 2.45 bits per heavy atom. The Morgan fingerprint density at radius 2 is 2.18 bits per heavy atom. The second-order valence-corrected chi connectivity index (χ2v) is 1.98. The van der Waals surface area contributed by atoms with E-state index < -0.39 is 12.1 Å². The minimum atomic E-state index is -4.46. The van der Waals surface area contributed by atoms with Gasteiger partial charge in [-0.1, -0.05) is 6.92 Å². The third kappa shape index (κ3) is 1.72. The number of nitrogens with zero attached hydrogens (tertiary/aromatic N) is 1. The van der Waals surface area contributed by atoms with E-state index in [1.165, 1.54) is 0 Å². The molecule has 1 aromatic heterocycles. The largest absolute Gasteiger partial charge is 0.468 e. The van der Waals surface area contributed by atoms with Gasteiger partial charge in [0.15, 0.2) is 0 Å². The highest BCUT2D eigenvalue weighted by molar-refractivity contribution is 4.95. The predicted octanol–water partition coefficient (Wildman–Crippen LogP) is 2.26. The van der Waals surface area contributed by atoms with E-state index in [1.54, 1.807) is 6.92 Å². The van der Waals surface area contributed by atoms with Crippen molar-refractivity contribution in [3.63, 3.8) is 0 Å². The minimum absolute atomic E-state index is 0.248. The minimum Gasteiger partial charge on any atom is -0.438 e. The number of aromatic nitrogens is 1. The van der Waals surface area contributed by atoms with Gasteiger partial charge in [-0.25, -0.2) is 4.98 Å². The zero-order chi connectivity index (χ0) is 8.48. The second-order valence-electron chi connectivity index (χ2n) is 1.98. The molecule has 5 heteroatoms. The van der Waals surface area contributed by atoms with E-state index in [2.05, 4.69) is 9.40 Å². The van der Waals surface area contributed by atoms with Crippen LogP contribution in [0.4, 0.5) is 13.2 Å². The van der Waals surface area contributed by atoms with Crippen molar-refractivity contribution in [2.24, 2.45) is 0 Å². The van der Waals surface area contributed by atoms with E-state index in [0.717, 1.165) is 6.20 Å². The van der Waals surface area contributed by atoms with Crippen LogP contribution >= 0.6 is 0 Å². The number of rotatable bonds is 1. The molecule has 0 saturated carbocycles. The normalized spacial score (nSPS) is 12.0. The highest BCUT2D eigenvalue weighted by Crippen LogP contribution is 2.28. The molecule has 0 N–H and O–H groups in total. The molecule has 1 rings (SSSR count). The van der Waals surface area contributed by atoms with Gasteiger partial charge in [0.1, 0.15) is 5.76 Å². The number of oxazole rings is 1. The van der Waals surface area contributed by atoms with Gasteiger partial charge in [0.25, 0.3) is 0 Å². The van der Waals surface area contributed by atoms with E-state index in [9.17, 15) is 13.2 Å².